The number of nitro groups is 2. The minimum atomic E-state index is -0.857. The Hall–Kier alpha value is -4.37. The van der Waals surface area contributed by atoms with Crippen molar-refractivity contribution in [1.29, 1.82) is 0 Å². The van der Waals surface area contributed by atoms with Gasteiger partial charge in [-0.3, -0.25) is 51.5 Å². The van der Waals surface area contributed by atoms with Crippen molar-refractivity contribution in [2.45, 2.75) is 0 Å². The standard InChI is InChI=1S/C18H12BrClN8O6/c19-11-4-2-1-3-10(11)18(30)26-24-16-14(28(33)34)15(21-8-22-16)23-25-17(29)9-5-6-12(20)13(7-9)27(31)32/h1-8H,(H,25,29)(H,26,30)(H2,21,22,23,24). The fourth-order valence-corrected chi connectivity index (χ4v) is 3.20. The lowest BCUT2D eigenvalue weighted by atomic mass is 10.2. The van der Waals surface area contributed by atoms with Gasteiger partial charge in [-0.25, -0.2) is 9.97 Å². The van der Waals surface area contributed by atoms with Crippen molar-refractivity contribution in [2.24, 2.45) is 0 Å². The number of carbonyl (C=O) groups excluding carboxylic acids is 2. The van der Waals surface area contributed by atoms with Crippen LogP contribution in [-0.2, 0) is 0 Å². The molecule has 0 saturated heterocycles. The molecule has 174 valence electrons. The molecule has 4 N–H and O–H groups in total. The second-order valence-corrected chi connectivity index (χ2v) is 7.50. The lowest BCUT2D eigenvalue weighted by Crippen LogP contribution is -2.32. The number of hydrazine groups is 2. The summed E-state index contributed by atoms with van der Waals surface area (Å²) in [7, 11) is 0. The number of nitro benzene ring substituents is 1. The highest BCUT2D eigenvalue weighted by Gasteiger charge is 2.25. The van der Waals surface area contributed by atoms with Crippen LogP contribution in [0.5, 0.6) is 0 Å². The van der Waals surface area contributed by atoms with Crippen molar-refractivity contribution in [3.8, 4) is 0 Å². The molecule has 3 aromatic rings. The molecule has 1 heterocycles. The predicted molar refractivity (Wildman–Crippen MR) is 123 cm³/mol. The number of hydrogen-bond donors (Lipinski definition) is 4. The smallest absolute Gasteiger partial charge is 0.276 e. The molecular formula is C18H12BrClN8O6. The maximum atomic E-state index is 12.3. The lowest BCUT2D eigenvalue weighted by molar-refractivity contribution is -0.384. The molecule has 34 heavy (non-hydrogen) atoms. The van der Waals surface area contributed by atoms with Crippen LogP contribution in [0.25, 0.3) is 0 Å². The summed E-state index contributed by atoms with van der Waals surface area (Å²) in [5, 5.41) is 22.4. The predicted octanol–water partition coefficient (Wildman–Crippen LogP) is 3.22. The number of carbonyl (C=O) groups is 2. The van der Waals surface area contributed by atoms with E-state index in [0.717, 1.165) is 18.5 Å². The van der Waals surface area contributed by atoms with E-state index >= 15 is 0 Å². The number of rotatable bonds is 8. The highest BCUT2D eigenvalue weighted by Crippen LogP contribution is 2.28. The Balaban J connectivity index is 1.76. The van der Waals surface area contributed by atoms with Gasteiger partial charge < -0.3 is 0 Å². The van der Waals surface area contributed by atoms with Crippen LogP contribution >= 0.6 is 27.5 Å². The lowest BCUT2D eigenvalue weighted by Gasteiger charge is -2.12. The number of nitrogens with one attached hydrogen (secondary N) is 4. The van der Waals surface area contributed by atoms with Gasteiger partial charge in [0, 0.05) is 16.1 Å². The first-order valence-electron chi connectivity index (χ1n) is 8.99. The molecule has 0 aliphatic rings. The Labute approximate surface area is 203 Å². The minimum Gasteiger partial charge on any atom is -0.276 e. The molecule has 0 aliphatic carbocycles. The summed E-state index contributed by atoms with van der Waals surface area (Å²) in [5.41, 5.74) is 7.99. The number of halogens is 2. The van der Waals surface area contributed by atoms with E-state index < -0.39 is 38.9 Å². The molecule has 0 fully saturated rings. The van der Waals surface area contributed by atoms with E-state index in [1.165, 1.54) is 12.1 Å². The second-order valence-electron chi connectivity index (χ2n) is 6.24. The molecule has 0 aliphatic heterocycles. The SMILES string of the molecule is O=C(NNc1ncnc(NNC(=O)c2ccccc2Br)c1[N+](=O)[O-])c1ccc(Cl)c([N+](=O)[O-])c1. The topological polar surface area (TPSA) is 194 Å². The van der Waals surface area contributed by atoms with Crippen molar-refractivity contribution < 1.29 is 19.4 Å². The van der Waals surface area contributed by atoms with Crippen molar-refractivity contribution in [3.63, 3.8) is 0 Å². The molecule has 2 amide bonds. The maximum absolute atomic E-state index is 12.3. The third-order valence-corrected chi connectivity index (χ3v) is 5.13. The zero-order valence-corrected chi connectivity index (χ0v) is 19.0. The van der Waals surface area contributed by atoms with Crippen molar-refractivity contribution >= 4 is 62.4 Å². The van der Waals surface area contributed by atoms with Gasteiger partial charge in [0.15, 0.2) is 0 Å². The molecule has 0 radical (unpaired) electrons. The average molecular weight is 552 g/mol. The Morgan fingerprint density at radius 3 is 2.12 bits per heavy atom. The molecule has 0 spiro atoms. The molecule has 2 aromatic carbocycles. The molecule has 1 aromatic heterocycles. The monoisotopic (exact) mass is 550 g/mol. The fourth-order valence-electron chi connectivity index (χ4n) is 2.55. The van der Waals surface area contributed by atoms with Crippen LogP contribution in [0.15, 0.2) is 53.3 Å². The fraction of sp³-hybridized carbons (Fsp3) is 0. The van der Waals surface area contributed by atoms with Crippen LogP contribution < -0.4 is 21.7 Å². The summed E-state index contributed by atoms with van der Waals surface area (Å²) in [5.74, 6) is -2.26. The van der Waals surface area contributed by atoms with Gasteiger partial charge in [0.2, 0.25) is 11.6 Å². The quantitative estimate of drug-likeness (QED) is 0.238. The van der Waals surface area contributed by atoms with Crippen molar-refractivity contribution in [2.75, 3.05) is 10.9 Å². The van der Waals surface area contributed by atoms with Gasteiger partial charge >= 0.3 is 5.69 Å². The first-order chi connectivity index (χ1) is 16.2. The number of aromatic nitrogens is 2. The summed E-state index contributed by atoms with van der Waals surface area (Å²) < 4.78 is 0.499. The molecule has 0 atom stereocenters. The van der Waals surface area contributed by atoms with Crippen LogP contribution in [0.4, 0.5) is 23.0 Å². The summed E-state index contributed by atoms with van der Waals surface area (Å²) >= 11 is 8.95. The highest BCUT2D eigenvalue weighted by molar-refractivity contribution is 9.10. The highest BCUT2D eigenvalue weighted by atomic mass is 79.9. The number of benzene rings is 2. The Kier molecular flexibility index (Phi) is 7.50. The average Bonchev–Trinajstić information content (AvgIpc) is 2.81. The van der Waals surface area contributed by atoms with Gasteiger partial charge in [0.05, 0.1) is 15.4 Å². The molecule has 0 unspecified atom stereocenters. The maximum Gasteiger partial charge on any atom is 0.356 e. The summed E-state index contributed by atoms with van der Waals surface area (Å²) in [6.45, 7) is 0. The summed E-state index contributed by atoms with van der Waals surface area (Å²) in [4.78, 5) is 53.1. The van der Waals surface area contributed by atoms with Gasteiger partial charge in [0.1, 0.15) is 11.3 Å². The summed E-state index contributed by atoms with van der Waals surface area (Å²) in [6, 6.07) is 9.84. The Bertz CT molecular complexity index is 1310. The van der Waals surface area contributed by atoms with Gasteiger partial charge in [0.25, 0.3) is 17.5 Å². The molecule has 3 rings (SSSR count). The van der Waals surface area contributed by atoms with Crippen molar-refractivity contribution in [3.05, 3.63) is 89.6 Å². The van der Waals surface area contributed by atoms with E-state index in [1.807, 2.05) is 0 Å². The molecular weight excluding hydrogens is 540 g/mol. The largest absolute Gasteiger partial charge is 0.356 e. The van der Waals surface area contributed by atoms with E-state index in [0.29, 0.717) is 4.47 Å². The Morgan fingerprint density at radius 2 is 1.53 bits per heavy atom. The zero-order chi connectivity index (χ0) is 24.8. The number of hydrogen-bond acceptors (Lipinski definition) is 10. The molecule has 14 nitrogen and oxygen atoms in total. The van der Waals surface area contributed by atoms with Crippen molar-refractivity contribution in [1.82, 2.24) is 20.8 Å². The van der Waals surface area contributed by atoms with E-state index in [2.05, 4.69) is 47.6 Å². The van der Waals surface area contributed by atoms with Gasteiger partial charge in [-0.15, -0.1) is 0 Å². The minimum absolute atomic E-state index is 0.139. The van der Waals surface area contributed by atoms with Gasteiger partial charge in [-0.2, -0.15) is 0 Å². The normalized spacial score (nSPS) is 10.2. The van der Waals surface area contributed by atoms with Crippen LogP contribution in [-0.4, -0.2) is 31.6 Å². The number of nitrogens with zero attached hydrogens (tertiary/aromatic N) is 4. The third kappa shape index (κ3) is 5.51. The zero-order valence-electron chi connectivity index (χ0n) is 16.6. The van der Waals surface area contributed by atoms with E-state index in [1.54, 1.807) is 18.2 Å². The first-order valence-corrected chi connectivity index (χ1v) is 10.2. The Morgan fingerprint density at radius 1 is 0.912 bits per heavy atom. The van der Waals surface area contributed by atoms with Crippen LogP contribution in [0.3, 0.4) is 0 Å². The molecule has 0 bridgehead atoms. The van der Waals surface area contributed by atoms with Gasteiger partial charge in [-0.05, 0) is 40.2 Å². The summed E-state index contributed by atoms with van der Waals surface area (Å²) in [6.07, 6.45) is 0.946. The van der Waals surface area contributed by atoms with E-state index in [4.69, 9.17) is 11.6 Å². The van der Waals surface area contributed by atoms with Crippen LogP contribution in [0, 0.1) is 20.2 Å². The molecule has 0 saturated carbocycles. The van der Waals surface area contributed by atoms with Crippen LogP contribution in [0.2, 0.25) is 5.02 Å². The number of amides is 2. The number of anilines is 2. The van der Waals surface area contributed by atoms with Crippen LogP contribution in [0.1, 0.15) is 20.7 Å². The first kappa shape index (κ1) is 24.3. The van der Waals surface area contributed by atoms with E-state index in [-0.39, 0.29) is 22.0 Å². The second kappa shape index (κ2) is 10.5. The molecule has 16 heteroatoms. The van der Waals surface area contributed by atoms with E-state index in [9.17, 15) is 29.8 Å². The van der Waals surface area contributed by atoms with Gasteiger partial charge in [-0.1, -0.05) is 23.7 Å². The third-order valence-electron chi connectivity index (χ3n) is 4.12.